The second-order valence-electron chi connectivity index (χ2n) is 19.1. The number of rotatable bonds is 30. The van der Waals surface area contributed by atoms with Crippen molar-refractivity contribution in [3.63, 3.8) is 0 Å². The zero-order valence-electron chi connectivity index (χ0n) is 44.0. The number of aromatic amines is 1. The van der Waals surface area contributed by atoms with Crippen LogP contribution < -0.4 is 48.9 Å². The molecule has 3 heterocycles. The molecule has 1 aromatic heterocycles. The first-order valence-electron chi connectivity index (χ1n) is 24.5. The summed E-state index contributed by atoms with van der Waals surface area (Å²) >= 11 is 0. The van der Waals surface area contributed by atoms with E-state index in [-0.39, 0.29) is 19.4 Å². The molecule has 35 heteroatoms. The average molecular weight is 1160 g/mol. The van der Waals surface area contributed by atoms with E-state index >= 15 is 0 Å². The molecule has 0 saturated carbocycles. The van der Waals surface area contributed by atoms with Crippen molar-refractivity contribution in [1.29, 1.82) is 0 Å². The quantitative estimate of drug-likeness (QED) is 0.0252. The Bertz CT molecular complexity index is 2510. The van der Waals surface area contributed by atoms with Gasteiger partial charge >= 0.3 is 21.3 Å². The third-order valence-electron chi connectivity index (χ3n) is 12.0. The minimum atomic E-state index is -5.51. The lowest BCUT2D eigenvalue weighted by Gasteiger charge is -2.32. The number of aliphatic hydroxyl groups is 4. The van der Waals surface area contributed by atoms with Crippen LogP contribution in [-0.2, 0) is 70.3 Å². The smallest absolute Gasteiger partial charge is 0.391 e. The largest absolute Gasteiger partial charge is 0.481 e. The van der Waals surface area contributed by atoms with Crippen molar-refractivity contribution in [2.24, 2.45) is 17.6 Å². The minimum Gasteiger partial charge on any atom is -0.391 e. The number of H-pyrrole nitrogens is 1. The Morgan fingerprint density at radius 1 is 0.769 bits per heavy atom. The van der Waals surface area contributed by atoms with Crippen molar-refractivity contribution in [3.8, 4) is 0 Å². The number of carbonyl (C=O) groups excluding carboxylic acids is 8. The summed E-state index contributed by atoms with van der Waals surface area (Å²) in [6, 6.07) is -9.14. The van der Waals surface area contributed by atoms with Gasteiger partial charge < -0.3 is 82.2 Å². The van der Waals surface area contributed by atoms with Crippen LogP contribution in [0.2, 0.25) is 0 Å². The number of carbonyl (C=O) groups is 8. The Hall–Kier alpha value is -5.54. The molecular formula is C43H72N10O23P2. The number of primary amides is 1. The van der Waals surface area contributed by atoms with E-state index < -0.39 is 191 Å². The Labute approximate surface area is 446 Å². The van der Waals surface area contributed by atoms with Crippen molar-refractivity contribution in [2.75, 3.05) is 33.0 Å². The SMILES string of the molecule is CC(=O)N[C@H](C(=O)N[C@H](C(=O)N1CCC[C@H]1C(=O)N[C@H](C(=O)N[C@@H](COCCCOP(=O)(O)OP(=O)(O)OC[C@H]1O[C@@H](n2ccc(=O)[nH]c2=O)[C@H](O)[C@@H]1O)C(=O)N[C@H](C(=O)N[C@@H](C)C(N)=O)[C@@H](C)O)C(C)C)[C@@H](C)O)C(C)C. The molecule has 0 radical (unpaired) electrons. The molecule has 2 saturated heterocycles. The normalized spacial score (nSPS) is 23.0. The highest BCUT2D eigenvalue weighted by molar-refractivity contribution is 7.61. The summed E-state index contributed by atoms with van der Waals surface area (Å²) in [6.45, 7) is 8.20. The number of amides is 8. The van der Waals surface area contributed by atoms with E-state index in [4.69, 9.17) is 19.7 Å². The number of phosphoric acid groups is 2. The van der Waals surface area contributed by atoms with E-state index in [2.05, 4.69) is 40.7 Å². The molecule has 2 fully saturated rings. The molecule has 0 aromatic carbocycles. The van der Waals surface area contributed by atoms with Gasteiger partial charge in [0, 0.05) is 32.3 Å². The van der Waals surface area contributed by atoms with E-state index in [1.54, 1.807) is 13.8 Å². The predicted octanol–water partition coefficient (Wildman–Crippen LogP) is -5.69. The molecule has 15 N–H and O–H groups in total. The zero-order valence-corrected chi connectivity index (χ0v) is 45.8. The number of ether oxygens (including phenoxy) is 2. The van der Waals surface area contributed by atoms with Crippen LogP contribution >= 0.6 is 15.6 Å². The van der Waals surface area contributed by atoms with E-state index in [1.807, 2.05) is 4.98 Å². The number of nitrogens with zero attached hydrogens (tertiary/aromatic N) is 2. The van der Waals surface area contributed by atoms with Gasteiger partial charge in [0.1, 0.15) is 60.6 Å². The molecule has 0 spiro atoms. The van der Waals surface area contributed by atoms with Gasteiger partial charge in [-0.05, 0) is 51.9 Å². The van der Waals surface area contributed by atoms with Gasteiger partial charge in [-0.3, -0.25) is 61.7 Å². The van der Waals surface area contributed by atoms with E-state index in [9.17, 15) is 87.3 Å². The molecule has 8 amide bonds. The standard InChI is InChI=1S/C43H72N10O23P2/c1-19(2)29(46-24(8)56)39(64)51-32(23(7)55)41(66)52-13-9-11-26(52)37(62)49-30(20(3)4)38(63)47-25(36(61)50-31(22(6)54)40(65)45-21(5)35(44)60)17-72-15-10-16-73-77(68,69)76-78(70,71)74-18-27-33(58)34(59)42(75-27)53-14-12-28(57)48-43(53)67/h12,14,19-23,25-27,29-34,42,54-55,58-59H,9-11,13,15-18H2,1-8H3,(H2,44,60)(H,45,65)(H,46,56)(H,47,63)(H,49,62)(H,50,61)(H,51,64)(H,68,69)(H,70,71)(H,48,57,67)/t21-,22+,23+,25-,26-,27+,29-,30-,31-,32-,33+,34+,42+/m0/s1. The van der Waals surface area contributed by atoms with E-state index in [1.165, 1.54) is 34.6 Å². The number of nitrogens with one attached hydrogen (secondary N) is 7. The highest BCUT2D eigenvalue weighted by atomic mass is 31.3. The average Bonchev–Trinajstić information content (AvgIpc) is 3.93. The highest BCUT2D eigenvalue weighted by Crippen LogP contribution is 2.60. The van der Waals surface area contributed by atoms with Crippen molar-refractivity contribution in [3.05, 3.63) is 33.1 Å². The summed E-state index contributed by atoms with van der Waals surface area (Å²) in [7, 11) is -10.9. The first kappa shape index (κ1) is 66.7. The van der Waals surface area contributed by atoms with Crippen molar-refractivity contribution >= 4 is 62.9 Å². The molecule has 0 aliphatic carbocycles. The number of aromatic nitrogens is 2. The van der Waals surface area contributed by atoms with Gasteiger partial charge in [-0.15, -0.1) is 0 Å². The summed E-state index contributed by atoms with van der Waals surface area (Å²) < 4.78 is 50.5. The number of likely N-dealkylation sites (tertiary alicyclic amines) is 1. The molecule has 33 nitrogen and oxygen atoms in total. The van der Waals surface area contributed by atoms with Gasteiger partial charge in [-0.2, -0.15) is 4.31 Å². The third kappa shape index (κ3) is 19.7. The maximum Gasteiger partial charge on any atom is 0.481 e. The van der Waals surface area contributed by atoms with Gasteiger partial charge in [0.05, 0.1) is 32.0 Å². The molecule has 1 aromatic rings. The molecule has 0 bridgehead atoms. The van der Waals surface area contributed by atoms with Crippen LogP contribution in [0.5, 0.6) is 0 Å². The van der Waals surface area contributed by atoms with Crippen LogP contribution in [0.3, 0.4) is 0 Å². The molecule has 3 rings (SSSR count). The molecule has 15 atom stereocenters. The van der Waals surface area contributed by atoms with Crippen LogP contribution in [-0.4, -0.2) is 198 Å². The predicted molar refractivity (Wildman–Crippen MR) is 265 cm³/mol. The fraction of sp³-hybridized carbons (Fsp3) is 0.721. The Morgan fingerprint density at radius 2 is 1.33 bits per heavy atom. The summed E-state index contributed by atoms with van der Waals surface area (Å²) in [4.78, 5) is 152. The second-order valence-corrected chi connectivity index (χ2v) is 22.2. The maximum absolute atomic E-state index is 14.0. The lowest BCUT2D eigenvalue weighted by Crippen LogP contribution is -2.62. The van der Waals surface area contributed by atoms with Crippen molar-refractivity contribution < 1.29 is 101 Å². The summed E-state index contributed by atoms with van der Waals surface area (Å²) in [5, 5.41) is 56.2. The third-order valence-corrected chi connectivity index (χ3v) is 14.6. The van der Waals surface area contributed by atoms with Crippen LogP contribution in [0.1, 0.15) is 80.9 Å². The second kappa shape index (κ2) is 29.6. The van der Waals surface area contributed by atoms with Crippen molar-refractivity contribution in [2.45, 2.75) is 154 Å². The molecule has 442 valence electrons. The van der Waals surface area contributed by atoms with Crippen LogP contribution in [0, 0.1) is 11.8 Å². The van der Waals surface area contributed by atoms with Gasteiger partial charge in [-0.25, -0.2) is 13.9 Å². The van der Waals surface area contributed by atoms with Gasteiger partial charge in [0.15, 0.2) is 6.23 Å². The highest BCUT2D eigenvalue weighted by Gasteiger charge is 2.47. The number of phosphoric ester groups is 2. The lowest BCUT2D eigenvalue weighted by molar-refractivity contribution is -0.145. The molecule has 2 aliphatic rings. The molecule has 2 aliphatic heterocycles. The van der Waals surface area contributed by atoms with E-state index in [0.717, 1.165) is 24.1 Å². The topological polar surface area (TPSA) is 495 Å². The number of hydrogen-bond acceptors (Lipinski definition) is 21. The number of hydrogen-bond donors (Lipinski definition) is 14. The summed E-state index contributed by atoms with van der Waals surface area (Å²) in [5.74, 6) is -8.27. The monoisotopic (exact) mass is 1160 g/mol. The summed E-state index contributed by atoms with van der Waals surface area (Å²) in [5.41, 5.74) is 3.43. The number of aliphatic hydroxyl groups excluding tert-OH is 4. The zero-order chi connectivity index (χ0) is 59.1. The van der Waals surface area contributed by atoms with Gasteiger partial charge in [-0.1, -0.05) is 27.7 Å². The fourth-order valence-corrected chi connectivity index (χ4v) is 9.86. The molecular weight excluding hydrogens is 1090 g/mol. The lowest BCUT2D eigenvalue weighted by atomic mass is 10.0. The minimum absolute atomic E-state index is 0.0112. The Kier molecular flexibility index (Phi) is 25.3. The molecule has 2 unspecified atom stereocenters. The van der Waals surface area contributed by atoms with Crippen LogP contribution in [0.4, 0.5) is 0 Å². The fourth-order valence-electron chi connectivity index (χ4n) is 7.74. The molecule has 78 heavy (non-hydrogen) atoms. The first-order valence-corrected chi connectivity index (χ1v) is 27.5. The first-order chi connectivity index (χ1) is 36.2. The van der Waals surface area contributed by atoms with E-state index in [0.29, 0.717) is 11.0 Å². The maximum atomic E-state index is 14.0. The Morgan fingerprint density at radius 3 is 1.90 bits per heavy atom. The number of nitrogens with two attached hydrogens (primary N) is 1. The van der Waals surface area contributed by atoms with Crippen LogP contribution in [0.25, 0.3) is 0 Å². The van der Waals surface area contributed by atoms with Crippen LogP contribution in [0.15, 0.2) is 21.9 Å². The summed E-state index contributed by atoms with van der Waals surface area (Å²) in [6.07, 6.45) is -8.92. The Balaban J connectivity index is 1.71. The van der Waals surface area contributed by atoms with Gasteiger partial charge in [0.25, 0.3) is 5.56 Å². The van der Waals surface area contributed by atoms with Crippen molar-refractivity contribution in [1.82, 2.24) is 46.4 Å². The van der Waals surface area contributed by atoms with Gasteiger partial charge in [0.2, 0.25) is 47.3 Å².